The molecule has 0 radical (unpaired) electrons. The van der Waals surface area contributed by atoms with E-state index >= 15 is 0 Å². The van der Waals surface area contributed by atoms with E-state index < -0.39 is 0 Å². The van der Waals surface area contributed by atoms with Gasteiger partial charge in [-0.05, 0) is 44.9 Å². The summed E-state index contributed by atoms with van der Waals surface area (Å²) >= 11 is 0. The maximum Gasteiger partial charge on any atom is 0.315 e. The van der Waals surface area contributed by atoms with Crippen LogP contribution in [-0.2, 0) is 4.74 Å². The first-order valence-corrected chi connectivity index (χ1v) is 6.98. The standard InChI is InChI=1S/C14H24N2O2/c1-3-4-10(2)15-14(17)16-12-7-8-18-13(9-12)11-5-6-11/h3,10-13H,1,4-9H2,2H3,(H2,15,16,17)/t10-,12-,13+/m0/s1. The molecule has 0 unspecified atom stereocenters. The molecule has 1 aliphatic heterocycles. The van der Waals surface area contributed by atoms with Crippen molar-refractivity contribution in [1.82, 2.24) is 10.6 Å². The number of rotatable bonds is 5. The lowest BCUT2D eigenvalue weighted by atomic mass is 10.0. The molecule has 0 aromatic rings. The van der Waals surface area contributed by atoms with Crippen molar-refractivity contribution in [3.8, 4) is 0 Å². The summed E-state index contributed by atoms with van der Waals surface area (Å²) in [5.74, 6) is 0.748. The van der Waals surface area contributed by atoms with E-state index in [9.17, 15) is 4.79 Å². The van der Waals surface area contributed by atoms with Crippen LogP contribution in [0.2, 0.25) is 0 Å². The Morgan fingerprint density at radius 2 is 2.28 bits per heavy atom. The fourth-order valence-corrected chi connectivity index (χ4v) is 2.52. The molecular formula is C14H24N2O2. The van der Waals surface area contributed by atoms with E-state index in [1.54, 1.807) is 0 Å². The van der Waals surface area contributed by atoms with Crippen molar-refractivity contribution in [3.63, 3.8) is 0 Å². The number of ether oxygens (including phenoxy) is 1. The summed E-state index contributed by atoms with van der Waals surface area (Å²) in [6, 6.07) is 0.340. The minimum Gasteiger partial charge on any atom is -0.378 e. The largest absolute Gasteiger partial charge is 0.378 e. The van der Waals surface area contributed by atoms with Gasteiger partial charge in [0.25, 0.3) is 0 Å². The van der Waals surface area contributed by atoms with Gasteiger partial charge in [-0.3, -0.25) is 0 Å². The lowest BCUT2D eigenvalue weighted by Gasteiger charge is -2.30. The van der Waals surface area contributed by atoms with Crippen LogP contribution in [0.5, 0.6) is 0 Å². The second kappa shape index (κ2) is 6.23. The number of nitrogens with one attached hydrogen (secondary N) is 2. The number of hydrogen-bond acceptors (Lipinski definition) is 2. The lowest BCUT2D eigenvalue weighted by Crippen LogP contribution is -2.48. The highest BCUT2D eigenvalue weighted by molar-refractivity contribution is 5.74. The zero-order chi connectivity index (χ0) is 13.0. The number of carbonyl (C=O) groups is 1. The predicted molar refractivity (Wildman–Crippen MR) is 71.4 cm³/mol. The topological polar surface area (TPSA) is 50.4 Å². The summed E-state index contributed by atoms with van der Waals surface area (Å²) < 4.78 is 5.75. The van der Waals surface area contributed by atoms with Gasteiger partial charge in [0.2, 0.25) is 0 Å². The van der Waals surface area contributed by atoms with E-state index in [1.165, 1.54) is 12.8 Å². The molecule has 4 nitrogen and oxygen atoms in total. The maximum absolute atomic E-state index is 11.8. The third-order valence-corrected chi connectivity index (χ3v) is 3.70. The molecule has 18 heavy (non-hydrogen) atoms. The molecule has 2 N–H and O–H groups in total. The average Bonchev–Trinajstić information content (AvgIpc) is 3.13. The minimum atomic E-state index is -0.0641. The normalized spacial score (nSPS) is 29.4. The first-order valence-electron chi connectivity index (χ1n) is 6.98. The third kappa shape index (κ3) is 4.02. The summed E-state index contributed by atoms with van der Waals surface area (Å²) in [5.41, 5.74) is 0. The summed E-state index contributed by atoms with van der Waals surface area (Å²) in [6.07, 6.45) is 7.46. The van der Waals surface area contributed by atoms with Crippen LogP contribution in [0.4, 0.5) is 4.79 Å². The Labute approximate surface area is 109 Å². The molecular weight excluding hydrogens is 228 g/mol. The molecule has 1 saturated carbocycles. The van der Waals surface area contributed by atoms with Gasteiger partial charge in [-0.1, -0.05) is 6.08 Å². The number of amides is 2. The summed E-state index contributed by atoms with van der Waals surface area (Å²) in [5, 5.41) is 5.98. The molecule has 102 valence electrons. The molecule has 0 aromatic carbocycles. The highest BCUT2D eigenvalue weighted by atomic mass is 16.5. The smallest absolute Gasteiger partial charge is 0.315 e. The molecule has 1 heterocycles. The van der Waals surface area contributed by atoms with E-state index in [4.69, 9.17) is 4.74 Å². The number of urea groups is 1. The van der Waals surface area contributed by atoms with Crippen LogP contribution in [0.3, 0.4) is 0 Å². The van der Waals surface area contributed by atoms with E-state index in [2.05, 4.69) is 17.2 Å². The minimum absolute atomic E-state index is 0.0641. The fourth-order valence-electron chi connectivity index (χ4n) is 2.52. The van der Waals surface area contributed by atoms with Crippen molar-refractivity contribution >= 4 is 6.03 Å². The van der Waals surface area contributed by atoms with Gasteiger partial charge < -0.3 is 15.4 Å². The zero-order valence-corrected chi connectivity index (χ0v) is 11.2. The molecule has 2 rings (SSSR count). The molecule has 2 amide bonds. The Hall–Kier alpha value is -1.03. The van der Waals surface area contributed by atoms with Gasteiger partial charge in [-0.2, -0.15) is 0 Å². The van der Waals surface area contributed by atoms with E-state index in [0.29, 0.717) is 6.10 Å². The summed E-state index contributed by atoms with van der Waals surface area (Å²) in [6.45, 7) is 6.43. The summed E-state index contributed by atoms with van der Waals surface area (Å²) in [7, 11) is 0. The lowest BCUT2D eigenvalue weighted by molar-refractivity contribution is -0.00917. The molecule has 2 fully saturated rings. The Morgan fingerprint density at radius 3 is 2.94 bits per heavy atom. The highest BCUT2D eigenvalue weighted by Gasteiger charge is 2.36. The van der Waals surface area contributed by atoms with Crippen molar-refractivity contribution in [2.75, 3.05) is 6.61 Å². The second-order valence-corrected chi connectivity index (χ2v) is 5.51. The molecule has 1 saturated heterocycles. The van der Waals surface area contributed by atoms with Gasteiger partial charge in [-0.15, -0.1) is 6.58 Å². The van der Waals surface area contributed by atoms with Crippen LogP contribution in [-0.4, -0.2) is 30.8 Å². The first kappa shape index (κ1) is 13.4. The molecule has 1 aliphatic carbocycles. The van der Waals surface area contributed by atoms with Crippen molar-refractivity contribution in [2.24, 2.45) is 5.92 Å². The molecule has 0 bridgehead atoms. The SMILES string of the molecule is C=CC[C@H](C)NC(=O)N[C@H]1CCO[C@@H](C2CC2)C1. The fraction of sp³-hybridized carbons (Fsp3) is 0.786. The molecule has 0 aromatic heterocycles. The number of carbonyl (C=O) groups excluding carboxylic acids is 1. The Morgan fingerprint density at radius 1 is 1.50 bits per heavy atom. The molecule has 2 aliphatic rings. The van der Waals surface area contributed by atoms with Crippen LogP contribution >= 0.6 is 0 Å². The first-order chi connectivity index (χ1) is 8.69. The number of hydrogen-bond donors (Lipinski definition) is 2. The molecule has 3 atom stereocenters. The van der Waals surface area contributed by atoms with Crippen molar-refractivity contribution in [3.05, 3.63) is 12.7 Å². The van der Waals surface area contributed by atoms with Gasteiger partial charge in [0.05, 0.1) is 6.10 Å². The molecule has 4 heteroatoms. The monoisotopic (exact) mass is 252 g/mol. The van der Waals surface area contributed by atoms with Crippen LogP contribution in [0, 0.1) is 5.92 Å². The van der Waals surface area contributed by atoms with Crippen LogP contribution in [0.1, 0.15) is 39.0 Å². The third-order valence-electron chi connectivity index (χ3n) is 3.70. The second-order valence-electron chi connectivity index (χ2n) is 5.51. The van der Waals surface area contributed by atoms with Crippen molar-refractivity contribution in [1.29, 1.82) is 0 Å². The van der Waals surface area contributed by atoms with Gasteiger partial charge in [0.1, 0.15) is 0 Å². The Bertz CT molecular complexity index is 302. The van der Waals surface area contributed by atoms with E-state index in [-0.39, 0.29) is 18.1 Å². The van der Waals surface area contributed by atoms with Gasteiger partial charge in [0.15, 0.2) is 0 Å². The van der Waals surface area contributed by atoms with Gasteiger partial charge >= 0.3 is 6.03 Å². The van der Waals surface area contributed by atoms with E-state index in [1.807, 2.05) is 13.0 Å². The van der Waals surface area contributed by atoms with Gasteiger partial charge in [0, 0.05) is 18.7 Å². The quantitative estimate of drug-likeness (QED) is 0.737. The average molecular weight is 252 g/mol. The van der Waals surface area contributed by atoms with Gasteiger partial charge in [-0.25, -0.2) is 4.79 Å². The summed E-state index contributed by atoms with van der Waals surface area (Å²) in [4.78, 5) is 11.8. The van der Waals surface area contributed by atoms with Crippen molar-refractivity contribution in [2.45, 2.75) is 57.2 Å². The maximum atomic E-state index is 11.8. The zero-order valence-electron chi connectivity index (χ0n) is 11.2. The van der Waals surface area contributed by atoms with Crippen LogP contribution in [0.15, 0.2) is 12.7 Å². The van der Waals surface area contributed by atoms with E-state index in [0.717, 1.165) is 31.8 Å². The Balaban J connectivity index is 1.70. The van der Waals surface area contributed by atoms with Crippen LogP contribution < -0.4 is 10.6 Å². The highest BCUT2D eigenvalue weighted by Crippen LogP contribution is 2.38. The van der Waals surface area contributed by atoms with Crippen molar-refractivity contribution < 1.29 is 9.53 Å². The molecule has 0 spiro atoms. The van der Waals surface area contributed by atoms with Crippen LogP contribution in [0.25, 0.3) is 0 Å². The predicted octanol–water partition coefficient (Wildman–Crippen LogP) is 2.21. The Kier molecular flexibility index (Phi) is 4.64.